The summed E-state index contributed by atoms with van der Waals surface area (Å²) in [6.45, 7) is 1.86. The third-order valence-electron chi connectivity index (χ3n) is 1.09. The van der Waals surface area contributed by atoms with Gasteiger partial charge in [0.15, 0.2) is 0 Å². The Kier molecular flexibility index (Phi) is 5.74. The molecule has 11 heavy (non-hydrogen) atoms. The van der Waals surface area contributed by atoms with E-state index in [9.17, 15) is 9.00 Å². The number of carbonyl (C=O) groups is 1. The predicted molar refractivity (Wildman–Crippen MR) is 46.8 cm³/mol. The van der Waals surface area contributed by atoms with Crippen molar-refractivity contribution in [2.24, 2.45) is 0 Å². The van der Waals surface area contributed by atoms with E-state index in [0.29, 0.717) is 5.75 Å². The van der Waals surface area contributed by atoms with Gasteiger partial charge in [0.1, 0.15) is 5.75 Å². The highest BCUT2D eigenvalue weighted by atomic mass is 32.2. The standard InChI is InChI=1S/C7H13NO2S/c1-3-4-5-11(10)6-7(9)8-2/h3-4H,5-6H2,1-2H3,(H,8,9)/b4-3+. The molecule has 64 valence electrons. The summed E-state index contributed by atoms with van der Waals surface area (Å²) in [4.78, 5) is 10.7. The van der Waals surface area contributed by atoms with Crippen LogP contribution in [0, 0.1) is 0 Å². The van der Waals surface area contributed by atoms with Gasteiger partial charge >= 0.3 is 0 Å². The highest BCUT2D eigenvalue weighted by molar-refractivity contribution is 7.85. The maximum Gasteiger partial charge on any atom is 0.232 e. The van der Waals surface area contributed by atoms with Gasteiger partial charge in [0.25, 0.3) is 0 Å². The van der Waals surface area contributed by atoms with Crippen LogP contribution in [0.5, 0.6) is 0 Å². The lowest BCUT2D eigenvalue weighted by atomic mass is 10.6. The first-order chi connectivity index (χ1) is 5.20. The molecule has 0 aromatic rings. The molecule has 0 rings (SSSR count). The molecule has 0 aliphatic carbocycles. The van der Waals surface area contributed by atoms with E-state index >= 15 is 0 Å². The normalized spacial score (nSPS) is 13.3. The first kappa shape index (κ1) is 10.4. The second kappa shape index (κ2) is 6.09. The molecule has 3 nitrogen and oxygen atoms in total. The van der Waals surface area contributed by atoms with Crippen molar-refractivity contribution in [2.75, 3.05) is 18.6 Å². The Hall–Kier alpha value is -0.640. The fraction of sp³-hybridized carbons (Fsp3) is 0.571. The molecule has 0 bridgehead atoms. The van der Waals surface area contributed by atoms with Gasteiger partial charge in [-0.1, -0.05) is 12.2 Å². The quantitative estimate of drug-likeness (QED) is 0.614. The third-order valence-corrected chi connectivity index (χ3v) is 2.24. The van der Waals surface area contributed by atoms with E-state index < -0.39 is 10.8 Å². The third kappa shape index (κ3) is 5.79. The minimum absolute atomic E-state index is 0.0981. The lowest BCUT2D eigenvalue weighted by Crippen LogP contribution is -2.24. The molecule has 0 spiro atoms. The van der Waals surface area contributed by atoms with Crippen molar-refractivity contribution in [1.82, 2.24) is 5.32 Å². The smallest absolute Gasteiger partial charge is 0.232 e. The number of allylic oxidation sites excluding steroid dienone is 1. The van der Waals surface area contributed by atoms with Crippen LogP contribution in [0.3, 0.4) is 0 Å². The predicted octanol–water partition coefficient (Wildman–Crippen LogP) is 0.0572. The van der Waals surface area contributed by atoms with Crippen molar-refractivity contribution in [3.63, 3.8) is 0 Å². The fourth-order valence-corrected chi connectivity index (χ4v) is 1.44. The molecule has 0 aliphatic heterocycles. The van der Waals surface area contributed by atoms with Crippen LogP contribution in [0.1, 0.15) is 6.92 Å². The highest BCUT2D eigenvalue weighted by Crippen LogP contribution is 1.83. The Morgan fingerprint density at radius 3 is 2.73 bits per heavy atom. The van der Waals surface area contributed by atoms with Crippen LogP contribution in [0.4, 0.5) is 0 Å². The van der Waals surface area contributed by atoms with Crippen molar-refractivity contribution in [1.29, 1.82) is 0 Å². The van der Waals surface area contributed by atoms with Gasteiger partial charge in [-0.05, 0) is 6.92 Å². The Balaban J connectivity index is 3.60. The Labute approximate surface area is 69.3 Å². The molecule has 0 aromatic heterocycles. The van der Waals surface area contributed by atoms with Crippen LogP contribution in [0.2, 0.25) is 0 Å². The highest BCUT2D eigenvalue weighted by Gasteiger charge is 2.02. The van der Waals surface area contributed by atoms with Crippen molar-refractivity contribution in [3.05, 3.63) is 12.2 Å². The van der Waals surface area contributed by atoms with Crippen LogP contribution in [-0.2, 0) is 15.6 Å². The minimum Gasteiger partial charge on any atom is -0.358 e. The molecule has 0 fully saturated rings. The topological polar surface area (TPSA) is 46.2 Å². The molecule has 0 saturated carbocycles. The lowest BCUT2D eigenvalue weighted by molar-refractivity contribution is -0.118. The van der Waals surface area contributed by atoms with E-state index in [0.717, 1.165) is 0 Å². The zero-order chi connectivity index (χ0) is 8.69. The van der Waals surface area contributed by atoms with Gasteiger partial charge in [-0.25, -0.2) is 0 Å². The van der Waals surface area contributed by atoms with Crippen molar-refractivity contribution in [3.8, 4) is 0 Å². The Morgan fingerprint density at radius 2 is 2.27 bits per heavy atom. The summed E-state index contributed by atoms with van der Waals surface area (Å²) in [5.41, 5.74) is 0. The van der Waals surface area contributed by atoms with Crippen molar-refractivity contribution >= 4 is 16.7 Å². The van der Waals surface area contributed by atoms with Gasteiger partial charge in [0, 0.05) is 23.6 Å². The summed E-state index contributed by atoms with van der Waals surface area (Å²) >= 11 is 0. The summed E-state index contributed by atoms with van der Waals surface area (Å²) < 4.78 is 11.0. The van der Waals surface area contributed by atoms with E-state index in [1.807, 2.05) is 13.0 Å². The maximum absolute atomic E-state index is 11.0. The molecular formula is C7H13NO2S. The summed E-state index contributed by atoms with van der Waals surface area (Å²) in [5.74, 6) is 0.387. The molecule has 1 unspecified atom stereocenters. The molecule has 0 aliphatic rings. The van der Waals surface area contributed by atoms with E-state index in [1.165, 1.54) is 7.05 Å². The molecule has 1 N–H and O–H groups in total. The summed E-state index contributed by atoms with van der Waals surface area (Å²) in [6, 6.07) is 0. The summed E-state index contributed by atoms with van der Waals surface area (Å²) in [5, 5.41) is 2.42. The molecule has 0 heterocycles. The molecular weight excluding hydrogens is 162 g/mol. The van der Waals surface area contributed by atoms with Crippen LogP contribution < -0.4 is 5.32 Å². The number of carbonyl (C=O) groups excluding carboxylic acids is 1. The number of hydrogen-bond donors (Lipinski definition) is 1. The first-order valence-corrected chi connectivity index (χ1v) is 4.86. The molecule has 1 atom stereocenters. The Morgan fingerprint density at radius 1 is 1.64 bits per heavy atom. The second-order valence-corrected chi connectivity index (χ2v) is 3.49. The van der Waals surface area contributed by atoms with Gasteiger partial charge in [-0.3, -0.25) is 9.00 Å². The molecule has 4 heteroatoms. The van der Waals surface area contributed by atoms with Gasteiger partial charge in [-0.2, -0.15) is 0 Å². The number of hydrogen-bond acceptors (Lipinski definition) is 2. The largest absolute Gasteiger partial charge is 0.358 e. The van der Waals surface area contributed by atoms with E-state index in [2.05, 4.69) is 5.32 Å². The van der Waals surface area contributed by atoms with Gasteiger partial charge in [-0.15, -0.1) is 0 Å². The molecule has 1 amide bonds. The fourth-order valence-electron chi connectivity index (χ4n) is 0.481. The van der Waals surface area contributed by atoms with Gasteiger partial charge in [0.05, 0.1) is 0 Å². The second-order valence-electron chi connectivity index (χ2n) is 1.99. The van der Waals surface area contributed by atoms with Crippen molar-refractivity contribution < 1.29 is 9.00 Å². The van der Waals surface area contributed by atoms with E-state index in [4.69, 9.17) is 0 Å². The minimum atomic E-state index is -1.05. The van der Waals surface area contributed by atoms with Crippen LogP contribution >= 0.6 is 0 Å². The number of rotatable bonds is 4. The first-order valence-electron chi connectivity index (χ1n) is 3.37. The molecule has 0 saturated heterocycles. The SMILES string of the molecule is C/C=C/CS(=O)CC(=O)NC. The van der Waals surface area contributed by atoms with Crippen LogP contribution in [0.15, 0.2) is 12.2 Å². The van der Waals surface area contributed by atoms with Crippen molar-refractivity contribution in [2.45, 2.75) is 6.92 Å². The average Bonchev–Trinajstić information content (AvgIpc) is 2.00. The van der Waals surface area contributed by atoms with Gasteiger partial charge in [0.2, 0.25) is 5.91 Å². The van der Waals surface area contributed by atoms with Crippen LogP contribution in [-0.4, -0.2) is 28.7 Å². The summed E-state index contributed by atoms with van der Waals surface area (Å²) in [6.07, 6.45) is 3.61. The van der Waals surface area contributed by atoms with Crippen LogP contribution in [0.25, 0.3) is 0 Å². The Bertz CT molecular complexity index is 177. The molecule has 0 radical (unpaired) electrons. The van der Waals surface area contributed by atoms with E-state index in [-0.39, 0.29) is 11.7 Å². The zero-order valence-corrected chi connectivity index (χ0v) is 7.61. The van der Waals surface area contributed by atoms with Gasteiger partial charge < -0.3 is 5.32 Å². The average molecular weight is 175 g/mol. The monoisotopic (exact) mass is 175 g/mol. The van der Waals surface area contributed by atoms with E-state index in [1.54, 1.807) is 6.08 Å². The lowest BCUT2D eigenvalue weighted by Gasteiger charge is -1.96. The molecule has 0 aromatic carbocycles. The number of amides is 1. The number of nitrogens with one attached hydrogen (secondary N) is 1. The maximum atomic E-state index is 11.0. The zero-order valence-electron chi connectivity index (χ0n) is 6.79. The summed E-state index contributed by atoms with van der Waals surface area (Å²) in [7, 11) is 0.488.